The van der Waals surface area contributed by atoms with Crippen LogP contribution in [0, 0.1) is 0 Å². The van der Waals surface area contributed by atoms with Crippen molar-refractivity contribution in [1.29, 1.82) is 0 Å². The lowest BCUT2D eigenvalue weighted by atomic mass is 10.2. The zero-order valence-corrected chi connectivity index (χ0v) is 8.45. The molecule has 2 rings (SSSR count). The second-order valence-electron chi connectivity index (χ2n) is 2.78. The fourth-order valence-electron chi connectivity index (χ4n) is 1.26. The van der Waals surface area contributed by atoms with E-state index in [4.69, 9.17) is 16.3 Å². The minimum absolute atomic E-state index is 0.470. The zero-order valence-electron chi connectivity index (χ0n) is 7.70. The van der Waals surface area contributed by atoms with Gasteiger partial charge in [-0.1, -0.05) is 11.6 Å². The first-order valence-electron chi connectivity index (χ1n) is 4.34. The van der Waals surface area contributed by atoms with Crippen molar-refractivity contribution >= 4 is 22.5 Å². The van der Waals surface area contributed by atoms with Gasteiger partial charge in [0.15, 0.2) is 0 Å². The van der Waals surface area contributed by atoms with Crippen LogP contribution in [0.4, 0.5) is 0 Å². The molecular formula is C10H9ClN2O. The van der Waals surface area contributed by atoms with E-state index in [1.807, 2.05) is 25.1 Å². The summed E-state index contributed by atoms with van der Waals surface area (Å²) < 4.78 is 5.35. The van der Waals surface area contributed by atoms with Crippen LogP contribution in [0.5, 0.6) is 5.75 Å². The van der Waals surface area contributed by atoms with Crippen LogP contribution in [0.25, 0.3) is 10.9 Å². The highest BCUT2D eigenvalue weighted by Gasteiger charge is 2.01. The molecule has 0 atom stereocenters. The number of hydrogen-bond acceptors (Lipinski definition) is 3. The van der Waals surface area contributed by atoms with Crippen LogP contribution >= 0.6 is 11.6 Å². The molecule has 3 nitrogen and oxygen atoms in total. The molecule has 4 heteroatoms. The van der Waals surface area contributed by atoms with E-state index in [2.05, 4.69) is 9.97 Å². The monoisotopic (exact) mass is 208 g/mol. The Balaban J connectivity index is 2.56. The Hall–Kier alpha value is -1.35. The molecule has 1 aromatic heterocycles. The summed E-state index contributed by atoms with van der Waals surface area (Å²) in [6, 6.07) is 5.58. The van der Waals surface area contributed by atoms with Crippen LogP contribution in [-0.4, -0.2) is 16.6 Å². The summed E-state index contributed by atoms with van der Waals surface area (Å²) in [4.78, 5) is 8.01. The maximum atomic E-state index is 5.89. The third kappa shape index (κ3) is 1.63. The van der Waals surface area contributed by atoms with E-state index in [9.17, 15) is 0 Å². The van der Waals surface area contributed by atoms with Crippen molar-refractivity contribution in [3.8, 4) is 5.75 Å². The average molecular weight is 209 g/mol. The number of aromatic nitrogens is 2. The van der Waals surface area contributed by atoms with E-state index in [-0.39, 0.29) is 0 Å². The third-order valence-corrected chi connectivity index (χ3v) is 2.17. The Kier molecular flexibility index (Phi) is 2.50. The predicted octanol–water partition coefficient (Wildman–Crippen LogP) is 2.68. The van der Waals surface area contributed by atoms with Crippen molar-refractivity contribution in [3.05, 3.63) is 29.7 Å². The standard InChI is InChI=1S/C10H9ClN2O/c1-2-14-7-3-4-8-9(5-7)12-6-13-10(8)11/h3-6H,2H2,1H3. The second-order valence-corrected chi connectivity index (χ2v) is 3.13. The van der Waals surface area contributed by atoms with Gasteiger partial charge in [-0.3, -0.25) is 0 Å². The van der Waals surface area contributed by atoms with Crippen molar-refractivity contribution in [3.63, 3.8) is 0 Å². The van der Waals surface area contributed by atoms with Crippen molar-refractivity contribution in [1.82, 2.24) is 9.97 Å². The van der Waals surface area contributed by atoms with Crippen LogP contribution in [0.15, 0.2) is 24.5 Å². The highest BCUT2D eigenvalue weighted by atomic mass is 35.5. The lowest BCUT2D eigenvalue weighted by molar-refractivity contribution is 0.340. The summed E-state index contributed by atoms with van der Waals surface area (Å²) in [5.41, 5.74) is 0.802. The molecule has 0 saturated carbocycles. The van der Waals surface area contributed by atoms with Gasteiger partial charge in [0, 0.05) is 11.5 Å². The molecular weight excluding hydrogens is 200 g/mol. The van der Waals surface area contributed by atoms with Gasteiger partial charge in [-0.15, -0.1) is 0 Å². The van der Waals surface area contributed by atoms with Gasteiger partial charge in [0.1, 0.15) is 17.2 Å². The molecule has 0 radical (unpaired) electrons. The average Bonchev–Trinajstić information content (AvgIpc) is 2.18. The number of halogens is 1. The van der Waals surface area contributed by atoms with E-state index in [0.717, 1.165) is 16.7 Å². The first-order chi connectivity index (χ1) is 6.81. The minimum atomic E-state index is 0.470. The molecule has 72 valence electrons. The van der Waals surface area contributed by atoms with Crippen molar-refractivity contribution < 1.29 is 4.74 Å². The molecule has 0 aliphatic rings. The fraction of sp³-hybridized carbons (Fsp3) is 0.200. The molecule has 0 amide bonds. The van der Waals surface area contributed by atoms with Crippen molar-refractivity contribution in [2.24, 2.45) is 0 Å². The maximum Gasteiger partial charge on any atom is 0.140 e. The summed E-state index contributed by atoms with van der Waals surface area (Å²) in [6.45, 7) is 2.58. The summed E-state index contributed by atoms with van der Waals surface area (Å²) >= 11 is 5.89. The SMILES string of the molecule is CCOc1ccc2c(Cl)ncnc2c1. The largest absolute Gasteiger partial charge is 0.494 e. The number of hydrogen-bond donors (Lipinski definition) is 0. The Morgan fingerprint density at radius 1 is 1.36 bits per heavy atom. The summed E-state index contributed by atoms with van der Waals surface area (Å²) in [7, 11) is 0. The lowest BCUT2D eigenvalue weighted by Crippen LogP contribution is -1.92. The van der Waals surface area contributed by atoms with Gasteiger partial charge < -0.3 is 4.74 Å². The molecule has 0 unspecified atom stereocenters. The highest BCUT2D eigenvalue weighted by molar-refractivity contribution is 6.34. The number of benzene rings is 1. The number of rotatable bonds is 2. The summed E-state index contributed by atoms with van der Waals surface area (Å²) in [6.07, 6.45) is 1.44. The lowest BCUT2D eigenvalue weighted by Gasteiger charge is -2.04. The normalized spacial score (nSPS) is 10.4. The topological polar surface area (TPSA) is 35.0 Å². The molecule has 0 N–H and O–H groups in total. The summed E-state index contributed by atoms with van der Waals surface area (Å²) in [5.74, 6) is 0.801. The smallest absolute Gasteiger partial charge is 0.140 e. The second kappa shape index (κ2) is 3.80. The van der Waals surface area contributed by atoms with Gasteiger partial charge in [0.05, 0.1) is 12.1 Å². The van der Waals surface area contributed by atoms with E-state index in [0.29, 0.717) is 11.8 Å². The number of nitrogens with zero attached hydrogens (tertiary/aromatic N) is 2. The molecule has 0 spiro atoms. The molecule has 1 heterocycles. The van der Waals surface area contributed by atoms with Gasteiger partial charge in [-0.25, -0.2) is 9.97 Å². The van der Waals surface area contributed by atoms with Crippen molar-refractivity contribution in [2.75, 3.05) is 6.61 Å². The van der Waals surface area contributed by atoms with Gasteiger partial charge in [-0.2, -0.15) is 0 Å². The zero-order chi connectivity index (χ0) is 9.97. The van der Waals surface area contributed by atoms with Crippen LogP contribution < -0.4 is 4.74 Å². The van der Waals surface area contributed by atoms with E-state index in [1.165, 1.54) is 6.33 Å². The van der Waals surface area contributed by atoms with Crippen molar-refractivity contribution in [2.45, 2.75) is 6.92 Å². The molecule has 0 saturated heterocycles. The molecule has 2 aromatic rings. The summed E-state index contributed by atoms with van der Waals surface area (Å²) in [5, 5.41) is 1.32. The Morgan fingerprint density at radius 2 is 2.21 bits per heavy atom. The minimum Gasteiger partial charge on any atom is -0.494 e. The van der Waals surface area contributed by atoms with E-state index < -0.39 is 0 Å². The van der Waals surface area contributed by atoms with E-state index >= 15 is 0 Å². The van der Waals surface area contributed by atoms with Gasteiger partial charge >= 0.3 is 0 Å². The third-order valence-electron chi connectivity index (χ3n) is 1.87. The number of ether oxygens (including phenoxy) is 1. The van der Waals surface area contributed by atoms with Gasteiger partial charge in [0.25, 0.3) is 0 Å². The van der Waals surface area contributed by atoms with Crippen LogP contribution in [0.3, 0.4) is 0 Å². The Morgan fingerprint density at radius 3 is 3.00 bits per heavy atom. The van der Waals surface area contributed by atoms with Gasteiger partial charge in [0.2, 0.25) is 0 Å². The van der Waals surface area contributed by atoms with Gasteiger partial charge in [-0.05, 0) is 19.1 Å². The predicted molar refractivity (Wildman–Crippen MR) is 55.7 cm³/mol. The molecule has 0 fully saturated rings. The van der Waals surface area contributed by atoms with Crippen LogP contribution in [0.1, 0.15) is 6.92 Å². The number of fused-ring (bicyclic) bond motifs is 1. The van der Waals surface area contributed by atoms with E-state index in [1.54, 1.807) is 0 Å². The van der Waals surface area contributed by atoms with Crippen LogP contribution in [-0.2, 0) is 0 Å². The molecule has 14 heavy (non-hydrogen) atoms. The first-order valence-corrected chi connectivity index (χ1v) is 4.72. The molecule has 0 bridgehead atoms. The highest BCUT2D eigenvalue weighted by Crippen LogP contribution is 2.23. The Labute approximate surface area is 86.7 Å². The first kappa shape index (κ1) is 9.21. The Bertz CT molecular complexity index is 459. The van der Waals surface area contributed by atoms with Crippen LogP contribution in [0.2, 0.25) is 5.15 Å². The maximum absolute atomic E-state index is 5.89. The molecule has 0 aliphatic carbocycles. The molecule has 0 aliphatic heterocycles. The fourth-order valence-corrected chi connectivity index (χ4v) is 1.46. The molecule has 1 aromatic carbocycles. The quantitative estimate of drug-likeness (QED) is 0.712.